The summed E-state index contributed by atoms with van der Waals surface area (Å²) in [4.78, 5) is 25.9. The minimum absolute atomic E-state index is 0.0255. The number of halogens is 4. The van der Waals surface area contributed by atoms with E-state index in [0.717, 1.165) is 11.1 Å². The molecule has 4 aromatic carbocycles. The van der Waals surface area contributed by atoms with E-state index in [-0.39, 0.29) is 64.8 Å². The van der Waals surface area contributed by atoms with Crippen molar-refractivity contribution in [2.45, 2.75) is 25.7 Å². The van der Waals surface area contributed by atoms with Crippen LogP contribution in [0.3, 0.4) is 0 Å². The van der Waals surface area contributed by atoms with Gasteiger partial charge in [0.1, 0.15) is 17.2 Å². The third-order valence-electron chi connectivity index (χ3n) is 7.51. The molecule has 0 saturated carbocycles. The van der Waals surface area contributed by atoms with Crippen LogP contribution >= 0.6 is 63.7 Å². The van der Waals surface area contributed by atoms with Crippen molar-refractivity contribution in [1.29, 1.82) is 0 Å². The molecule has 0 spiro atoms. The highest BCUT2D eigenvalue weighted by Crippen LogP contribution is 2.43. The SMILES string of the molecule is O=C1NCCc2ccc(O)c(c2)Oc2ccc(cc2Br)CCNC(=O)/C(=N\O)Cc2cc(Br)c(O)c(c2)Oc2c(Br)cc(cc2Br)C/C1=N/O. The molecule has 0 atom stereocenters. The summed E-state index contributed by atoms with van der Waals surface area (Å²) in [6.07, 6.45) is 0.727. The van der Waals surface area contributed by atoms with Crippen molar-refractivity contribution in [2.75, 3.05) is 13.1 Å². The van der Waals surface area contributed by atoms with E-state index in [9.17, 15) is 30.2 Å². The van der Waals surface area contributed by atoms with Gasteiger partial charge in [-0.05, 0) is 147 Å². The third-order valence-corrected chi connectivity index (χ3v) is 9.91. The smallest absolute Gasteiger partial charge is 0.269 e. The number of phenols is 2. The lowest BCUT2D eigenvalue weighted by Crippen LogP contribution is -2.33. The monoisotopic (exact) mass is 936 g/mol. The summed E-state index contributed by atoms with van der Waals surface area (Å²) in [5.74, 6) is -0.435. The van der Waals surface area contributed by atoms with Crippen molar-refractivity contribution in [3.63, 3.8) is 0 Å². The summed E-state index contributed by atoms with van der Waals surface area (Å²) in [5.41, 5.74) is 2.44. The number of hydrogen-bond donors (Lipinski definition) is 6. The van der Waals surface area contributed by atoms with E-state index >= 15 is 0 Å². The van der Waals surface area contributed by atoms with Crippen molar-refractivity contribution in [3.05, 3.63) is 101 Å². The van der Waals surface area contributed by atoms with Crippen LogP contribution in [0.2, 0.25) is 0 Å². The van der Waals surface area contributed by atoms with Gasteiger partial charge in [0.2, 0.25) is 0 Å². The fourth-order valence-electron chi connectivity index (χ4n) is 4.98. The molecule has 0 radical (unpaired) electrons. The van der Waals surface area contributed by atoms with Crippen molar-refractivity contribution in [1.82, 2.24) is 10.6 Å². The normalized spacial score (nSPS) is 16.2. The maximum absolute atomic E-state index is 13.0. The number of rotatable bonds is 0. The minimum atomic E-state index is -0.581. The molecule has 0 fully saturated rings. The molecule has 0 unspecified atom stereocenters. The van der Waals surface area contributed by atoms with Gasteiger partial charge in [-0.1, -0.05) is 22.4 Å². The molecule has 260 valence electrons. The molecule has 8 rings (SSSR count). The first-order valence-electron chi connectivity index (χ1n) is 14.9. The topological polar surface area (TPSA) is 182 Å². The molecule has 4 aliphatic rings. The van der Waals surface area contributed by atoms with Gasteiger partial charge >= 0.3 is 0 Å². The van der Waals surface area contributed by atoms with Crippen LogP contribution in [0.4, 0.5) is 0 Å². The Morgan fingerprint density at radius 1 is 0.580 bits per heavy atom. The average Bonchev–Trinajstić information content (AvgIpc) is 3.08. The number of carbonyl (C=O) groups is 2. The number of oxime groups is 2. The summed E-state index contributed by atoms with van der Waals surface area (Å²) in [6.45, 7) is 0.447. The van der Waals surface area contributed by atoms with Crippen molar-refractivity contribution in [2.24, 2.45) is 10.3 Å². The number of amides is 2. The Hall–Kier alpha value is -4.12. The highest BCUT2D eigenvalue weighted by Gasteiger charge is 2.21. The van der Waals surface area contributed by atoms with Gasteiger partial charge in [-0.3, -0.25) is 9.59 Å². The van der Waals surface area contributed by atoms with Crippen molar-refractivity contribution < 1.29 is 39.7 Å². The van der Waals surface area contributed by atoms with Gasteiger partial charge in [0, 0.05) is 25.9 Å². The van der Waals surface area contributed by atoms with Gasteiger partial charge in [0.15, 0.2) is 28.7 Å². The van der Waals surface area contributed by atoms with E-state index in [0.29, 0.717) is 48.9 Å². The Morgan fingerprint density at radius 3 is 1.66 bits per heavy atom. The number of carbonyl (C=O) groups excluding carboxylic acids is 2. The molecular formula is C34H28Br4N4O8. The maximum atomic E-state index is 13.0. The van der Waals surface area contributed by atoms with Crippen molar-refractivity contribution >= 4 is 87.0 Å². The quantitative estimate of drug-likeness (QED) is 0.0774. The largest absolute Gasteiger partial charge is 0.504 e. The predicted molar refractivity (Wildman–Crippen MR) is 199 cm³/mol. The van der Waals surface area contributed by atoms with Gasteiger partial charge in [-0.2, -0.15) is 0 Å². The second kappa shape index (κ2) is 16.7. The van der Waals surface area contributed by atoms with Crippen LogP contribution in [0, 0.1) is 0 Å². The van der Waals surface area contributed by atoms with Crippen LogP contribution in [0.1, 0.15) is 22.3 Å². The van der Waals surface area contributed by atoms with Gasteiger partial charge < -0.3 is 40.7 Å². The van der Waals surface area contributed by atoms with Crippen LogP contribution in [0.15, 0.2) is 88.9 Å². The molecule has 4 aliphatic heterocycles. The molecule has 0 aromatic heterocycles. The van der Waals surface area contributed by atoms with Crippen LogP contribution in [0.5, 0.6) is 34.5 Å². The zero-order chi connectivity index (χ0) is 35.9. The van der Waals surface area contributed by atoms with Crippen LogP contribution in [-0.2, 0) is 35.3 Å². The third kappa shape index (κ3) is 9.15. The lowest BCUT2D eigenvalue weighted by molar-refractivity contribution is -0.115. The number of aromatic hydroxyl groups is 2. The van der Waals surface area contributed by atoms with E-state index in [2.05, 4.69) is 84.7 Å². The van der Waals surface area contributed by atoms with Gasteiger partial charge in [0.05, 0.1) is 17.9 Å². The average molecular weight is 940 g/mol. The van der Waals surface area contributed by atoms with Gasteiger partial charge in [0.25, 0.3) is 11.8 Å². The number of benzene rings is 4. The molecule has 4 heterocycles. The number of nitrogens with one attached hydrogen (secondary N) is 2. The summed E-state index contributed by atoms with van der Waals surface area (Å²) in [7, 11) is 0. The summed E-state index contributed by atoms with van der Waals surface area (Å²) >= 11 is 13.8. The second-order valence-corrected chi connectivity index (χ2v) is 14.5. The van der Waals surface area contributed by atoms with E-state index in [1.807, 2.05) is 12.1 Å². The molecule has 2 amide bonds. The van der Waals surface area contributed by atoms with Crippen LogP contribution in [-0.4, -0.2) is 57.0 Å². The molecule has 4 aromatic rings. The number of nitrogens with zero attached hydrogens (tertiary/aromatic N) is 2. The van der Waals surface area contributed by atoms with E-state index < -0.39 is 11.8 Å². The van der Waals surface area contributed by atoms with Gasteiger partial charge in [-0.15, -0.1) is 0 Å². The first-order valence-corrected chi connectivity index (χ1v) is 18.1. The standard InChI is InChI=1S/C34H28Br4N4O8/c35-21-9-17-2-4-28(21)49-29-15-18(1-3-27(29)43)6-8-40-33(45)25(41-47)13-19-11-23(37)32(24(38)12-19)50-30-16-20(10-22(36)31(30)44)14-26(42-48)34(46)39-7-5-17/h1-4,9-12,15-16,43-44,47-48H,5-8,13-14H2,(H,39,46)(H,40,45)/b41-25-,42-26-. The highest BCUT2D eigenvalue weighted by molar-refractivity contribution is 9.11. The van der Waals surface area contributed by atoms with E-state index in [1.165, 1.54) is 12.1 Å². The lowest BCUT2D eigenvalue weighted by atomic mass is 10.1. The van der Waals surface area contributed by atoms with Crippen LogP contribution < -0.4 is 20.1 Å². The minimum Gasteiger partial charge on any atom is -0.504 e. The summed E-state index contributed by atoms with van der Waals surface area (Å²) in [5, 5.41) is 52.6. The summed E-state index contributed by atoms with van der Waals surface area (Å²) < 4.78 is 13.9. The second-order valence-electron chi connectivity index (χ2n) is 11.0. The van der Waals surface area contributed by atoms with Crippen molar-refractivity contribution in [3.8, 4) is 34.5 Å². The Balaban J connectivity index is 1.46. The molecule has 50 heavy (non-hydrogen) atoms. The Bertz CT molecular complexity index is 2000. The van der Waals surface area contributed by atoms with E-state index in [1.54, 1.807) is 36.4 Å². The Kier molecular flexibility index (Phi) is 12.4. The summed E-state index contributed by atoms with van der Waals surface area (Å²) in [6, 6.07) is 16.7. The number of ether oxygens (including phenoxy) is 2. The zero-order valence-corrected chi connectivity index (χ0v) is 32.2. The fraction of sp³-hybridized carbons (Fsp3) is 0.176. The molecular weight excluding hydrogens is 912 g/mol. The first-order chi connectivity index (χ1) is 23.9. The lowest BCUT2D eigenvalue weighted by Gasteiger charge is -2.15. The fourth-order valence-corrected chi connectivity index (χ4v) is 7.42. The number of phenolic OH excluding ortho intramolecular Hbond substituents is 2. The molecule has 0 saturated heterocycles. The Labute approximate surface area is 319 Å². The Morgan fingerprint density at radius 2 is 1.08 bits per heavy atom. The molecule has 12 nitrogen and oxygen atoms in total. The van der Waals surface area contributed by atoms with Gasteiger partial charge in [-0.25, -0.2) is 0 Å². The van der Waals surface area contributed by atoms with E-state index in [4.69, 9.17) is 9.47 Å². The highest BCUT2D eigenvalue weighted by atomic mass is 79.9. The maximum Gasteiger partial charge on any atom is 0.269 e. The predicted octanol–water partition coefficient (Wildman–Crippen LogP) is 7.51. The zero-order valence-electron chi connectivity index (χ0n) is 25.8. The molecule has 0 aliphatic carbocycles. The molecule has 16 heteroatoms. The molecule has 8 bridgehead atoms. The molecule has 6 N–H and O–H groups in total. The number of hydrogen-bond acceptors (Lipinski definition) is 10. The first kappa shape index (κ1) is 37.1. The van der Waals surface area contributed by atoms with Crippen LogP contribution in [0.25, 0.3) is 0 Å².